The Morgan fingerprint density at radius 1 is 1.18 bits per heavy atom. The lowest BCUT2D eigenvalue weighted by Crippen LogP contribution is -2.43. The van der Waals surface area contributed by atoms with Crippen LogP contribution in [0, 0.1) is 0 Å². The highest BCUT2D eigenvalue weighted by Crippen LogP contribution is 2.19. The van der Waals surface area contributed by atoms with E-state index in [4.69, 9.17) is 0 Å². The first kappa shape index (κ1) is 19.8. The molecular formula is C22H26N4O2. The molecule has 1 saturated heterocycles. The molecule has 146 valence electrons. The molecule has 0 saturated carbocycles. The zero-order valence-corrected chi connectivity index (χ0v) is 16.0. The standard InChI is InChI=1S/C22H26N4O2/c1-2-24-22(28)20-15-19(25-21(27)18-10-12-23-13-11-18)16-26(20)14-6-9-17-7-4-3-5-8-17/h3-13,19-20H,2,14-16H2,1H3,(H,24,28)(H,25,27)/t19-,20+/m1/s1. The average molecular weight is 378 g/mol. The molecule has 0 unspecified atom stereocenters. The Bertz CT molecular complexity index is 808. The highest BCUT2D eigenvalue weighted by atomic mass is 16.2. The number of nitrogens with zero attached hydrogens (tertiary/aromatic N) is 2. The minimum atomic E-state index is -0.247. The van der Waals surface area contributed by atoms with Crippen LogP contribution >= 0.6 is 0 Å². The number of amides is 2. The third kappa shape index (κ3) is 5.27. The molecule has 2 N–H and O–H groups in total. The Morgan fingerprint density at radius 3 is 2.64 bits per heavy atom. The first-order chi connectivity index (χ1) is 13.7. The van der Waals surface area contributed by atoms with E-state index < -0.39 is 0 Å². The van der Waals surface area contributed by atoms with E-state index in [1.54, 1.807) is 24.5 Å². The van der Waals surface area contributed by atoms with Crippen LogP contribution in [0.15, 0.2) is 60.9 Å². The summed E-state index contributed by atoms with van der Waals surface area (Å²) in [5, 5.41) is 5.95. The van der Waals surface area contributed by atoms with Crippen LogP contribution in [0.25, 0.3) is 6.08 Å². The molecule has 6 nitrogen and oxygen atoms in total. The molecule has 1 aromatic heterocycles. The van der Waals surface area contributed by atoms with Crippen molar-refractivity contribution >= 4 is 17.9 Å². The van der Waals surface area contributed by atoms with Crippen LogP contribution in [0.4, 0.5) is 0 Å². The number of carbonyl (C=O) groups excluding carboxylic acids is 2. The number of benzene rings is 1. The lowest BCUT2D eigenvalue weighted by atomic mass is 10.1. The molecule has 0 radical (unpaired) electrons. The second-order valence-corrected chi connectivity index (χ2v) is 6.82. The van der Waals surface area contributed by atoms with Crippen molar-refractivity contribution in [3.63, 3.8) is 0 Å². The topological polar surface area (TPSA) is 74.3 Å². The van der Waals surface area contributed by atoms with Gasteiger partial charge in [-0.1, -0.05) is 42.5 Å². The largest absolute Gasteiger partial charge is 0.355 e. The minimum Gasteiger partial charge on any atom is -0.355 e. The predicted molar refractivity (Wildman–Crippen MR) is 110 cm³/mol. The molecule has 0 bridgehead atoms. The van der Waals surface area contributed by atoms with Gasteiger partial charge in [0.15, 0.2) is 0 Å². The van der Waals surface area contributed by atoms with E-state index in [-0.39, 0.29) is 23.9 Å². The summed E-state index contributed by atoms with van der Waals surface area (Å²) in [6.45, 7) is 3.79. The number of likely N-dealkylation sites (tertiary alicyclic amines) is 1. The first-order valence-electron chi connectivity index (χ1n) is 9.61. The fourth-order valence-electron chi connectivity index (χ4n) is 3.44. The average Bonchev–Trinajstić information content (AvgIpc) is 3.12. The summed E-state index contributed by atoms with van der Waals surface area (Å²) in [6, 6.07) is 13.1. The van der Waals surface area contributed by atoms with Crippen molar-refractivity contribution in [1.82, 2.24) is 20.5 Å². The highest BCUT2D eigenvalue weighted by molar-refractivity contribution is 5.94. The van der Waals surface area contributed by atoms with Gasteiger partial charge in [0.1, 0.15) is 0 Å². The van der Waals surface area contributed by atoms with Gasteiger partial charge in [-0.2, -0.15) is 0 Å². The number of carbonyl (C=O) groups is 2. The number of nitrogens with one attached hydrogen (secondary N) is 2. The maximum atomic E-state index is 12.5. The van der Waals surface area contributed by atoms with Crippen molar-refractivity contribution in [3.05, 3.63) is 72.1 Å². The van der Waals surface area contributed by atoms with E-state index in [2.05, 4.69) is 32.7 Å². The SMILES string of the molecule is CCNC(=O)[C@@H]1C[C@@H](NC(=O)c2ccncc2)CN1CC=Cc1ccccc1. The van der Waals surface area contributed by atoms with Crippen LogP contribution in [0.2, 0.25) is 0 Å². The van der Waals surface area contributed by atoms with Gasteiger partial charge < -0.3 is 10.6 Å². The van der Waals surface area contributed by atoms with E-state index in [1.807, 2.05) is 37.3 Å². The maximum absolute atomic E-state index is 12.5. The van der Waals surface area contributed by atoms with Gasteiger partial charge in [0.05, 0.1) is 6.04 Å². The smallest absolute Gasteiger partial charge is 0.251 e. The van der Waals surface area contributed by atoms with Gasteiger partial charge in [0, 0.05) is 43.6 Å². The Morgan fingerprint density at radius 2 is 1.93 bits per heavy atom. The highest BCUT2D eigenvalue weighted by Gasteiger charge is 2.36. The van der Waals surface area contributed by atoms with Crippen molar-refractivity contribution in [2.45, 2.75) is 25.4 Å². The molecule has 1 aliphatic heterocycles. The molecule has 28 heavy (non-hydrogen) atoms. The van der Waals surface area contributed by atoms with Crippen LogP contribution in [0.3, 0.4) is 0 Å². The molecule has 0 aliphatic carbocycles. The second-order valence-electron chi connectivity index (χ2n) is 6.82. The van der Waals surface area contributed by atoms with Crippen LogP contribution in [0.1, 0.15) is 29.3 Å². The van der Waals surface area contributed by atoms with Crippen molar-refractivity contribution in [2.24, 2.45) is 0 Å². The third-order valence-electron chi connectivity index (χ3n) is 4.78. The van der Waals surface area contributed by atoms with Gasteiger partial charge in [-0.25, -0.2) is 0 Å². The number of pyridine rings is 1. The molecule has 0 spiro atoms. The van der Waals surface area contributed by atoms with Gasteiger partial charge in [-0.15, -0.1) is 0 Å². The van der Waals surface area contributed by atoms with Crippen LogP contribution < -0.4 is 10.6 Å². The normalized spacial score (nSPS) is 19.6. The summed E-state index contributed by atoms with van der Waals surface area (Å²) in [4.78, 5) is 31.0. The van der Waals surface area contributed by atoms with E-state index in [9.17, 15) is 9.59 Å². The quantitative estimate of drug-likeness (QED) is 0.774. The summed E-state index contributed by atoms with van der Waals surface area (Å²) >= 11 is 0. The number of likely N-dealkylation sites (N-methyl/N-ethyl adjacent to an activating group) is 1. The second kappa shape index (κ2) is 9.80. The van der Waals surface area contributed by atoms with E-state index in [0.29, 0.717) is 31.6 Å². The van der Waals surface area contributed by atoms with Crippen molar-refractivity contribution in [1.29, 1.82) is 0 Å². The van der Waals surface area contributed by atoms with E-state index in [1.165, 1.54) is 0 Å². The molecule has 2 amide bonds. The molecule has 1 aromatic carbocycles. The number of hydrogen-bond acceptors (Lipinski definition) is 4. The molecule has 3 rings (SSSR count). The van der Waals surface area contributed by atoms with Crippen molar-refractivity contribution < 1.29 is 9.59 Å². The Labute approximate surface area is 165 Å². The fraction of sp³-hybridized carbons (Fsp3) is 0.318. The number of hydrogen-bond donors (Lipinski definition) is 2. The van der Waals surface area contributed by atoms with Crippen LogP contribution in [0.5, 0.6) is 0 Å². The Hall–Kier alpha value is -2.99. The first-order valence-corrected chi connectivity index (χ1v) is 9.61. The number of aromatic nitrogens is 1. The zero-order chi connectivity index (χ0) is 19.8. The Kier molecular flexibility index (Phi) is 6.92. The summed E-state index contributed by atoms with van der Waals surface area (Å²) in [7, 11) is 0. The van der Waals surface area contributed by atoms with Crippen molar-refractivity contribution in [2.75, 3.05) is 19.6 Å². The molecule has 1 fully saturated rings. The molecular weight excluding hydrogens is 352 g/mol. The van der Waals surface area contributed by atoms with Gasteiger partial charge >= 0.3 is 0 Å². The van der Waals surface area contributed by atoms with Crippen LogP contribution in [-0.4, -0.2) is 53.4 Å². The van der Waals surface area contributed by atoms with Crippen molar-refractivity contribution in [3.8, 4) is 0 Å². The molecule has 1 aliphatic rings. The van der Waals surface area contributed by atoms with Gasteiger partial charge in [0.25, 0.3) is 5.91 Å². The zero-order valence-electron chi connectivity index (χ0n) is 16.0. The molecule has 6 heteroatoms. The minimum absolute atomic E-state index is 0.0104. The summed E-state index contributed by atoms with van der Waals surface area (Å²) in [5.41, 5.74) is 1.70. The summed E-state index contributed by atoms with van der Waals surface area (Å²) in [6.07, 6.45) is 7.91. The predicted octanol–water partition coefficient (Wildman–Crippen LogP) is 2.10. The lowest BCUT2D eigenvalue weighted by molar-refractivity contribution is -0.125. The van der Waals surface area contributed by atoms with Gasteiger partial charge in [0.2, 0.25) is 5.91 Å². The molecule has 2 atom stereocenters. The number of rotatable bonds is 7. The molecule has 2 aromatic rings. The van der Waals surface area contributed by atoms with Crippen LogP contribution in [-0.2, 0) is 4.79 Å². The fourth-order valence-corrected chi connectivity index (χ4v) is 3.44. The monoisotopic (exact) mass is 378 g/mol. The summed E-state index contributed by atoms with van der Waals surface area (Å²) < 4.78 is 0. The Balaban J connectivity index is 1.64. The van der Waals surface area contributed by atoms with Gasteiger partial charge in [-0.3, -0.25) is 19.5 Å². The lowest BCUT2D eigenvalue weighted by Gasteiger charge is -2.21. The van der Waals surface area contributed by atoms with E-state index >= 15 is 0 Å². The third-order valence-corrected chi connectivity index (χ3v) is 4.78. The van der Waals surface area contributed by atoms with Gasteiger partial charge in [-0.05, 0) is 31.0 Å². The molecule has 2 heterocycles. The maximum Gasteiger partial charge on any atom is 0.251 e. The summed E-state index contributed by atoms with van der Waals surface area (Å²) in [5.74, 6) is -0.125. The van der Waals surface area contributed by atoms with E-state index in [0.717, 1.165) is 5.56 Å².